The topological polar surface area (TPSA) is 87.3 Å². The Hall–Kier alpha value is -3.60. The van der Waals surface area contributed by atoms with Crippen molar-refractivity contribution in [2.24, 2.45) is 10.1 Å². The quantitative estimate of drug-likeness (QED) is 0.460. The lowest BCUT2D eigenvalue weighted by Crippen LogP contribution is -2.35. The number of hydrogen-bond acceptors (Lipinski definition) is 6. The Morgan fingerprint density at radius 1 is 1.06 bits per heavy atom. The zero-order valence-corrected chi connectivity index (χ0v) is 19.0. The highest BCUT2D eigenvalue weighted by molar-refractivity contribution is 8.27. The number of ether oxygens (including phenoxy) is 2. The second-order valence-corrected chi connectivity index (χ2v) is 8.37. The van der Waals surface area contributed by atoms with E-state index in [2.05, 4.69) is 10.1 Å². The first-order chi connectivity index (χ1) is 16.1. The summed E-state index contributed by atoms with van der Waals surface area (Å²) in [5, 5.41) is 10.8. The van der Waals surface area contributed by atoms with Crippen molar-refractivity contribution in [2.45, 2.75) is 20.0 Å². The van der Waals surface area contributed by atoms with E-state index < -0.39 is 23.0 Å². The van der Waals surface area contributed by atoms with Crippen LogP contribution in [-0.4, -0.2) is 46.4 Å². The molecule has 2 aliphatic rings. The fourth-order valence-corrected chi connectivity index (χ4v) is 4.02. The number of hydrogen-bond donors (Lipinski definition) is 1. The van der Waals surface area contributed by atoms with Gasteiger partial charge in [-0.3, -0.25) is 10.2 Å². The number of thioether (sulfide) groups is 1. The number of amidine groups is 2. The van der Waals surface area contributed by atoms with Crippen LogP contribution in [0.4, 0.5) is 13.2 Å². The van der Waals surface area contributed by atoms with Crippen LogP contribution < -0.4 is 9.47 Å². The molecule has 1 amide bonds. The normalized spacial score (nSPS) is 17.0. The first kappa shape index (κ1) is 23.6. The van der Waals surface area contributed by atoms with E-state index in [1.165, 1.54) is 6.08 Å². The molecule has 4 rings (SSSR count). The molecule has 2 aromatic rings. The molecular weight excluding hydrogens is 469 g/mol. The van der Waals surface area contributed by atoms with Gasteiger partial charge in [-0.1, -0.05) is 30.3 Å². The van der Waals surface area contributed by atoms with E-state index in [-0.39, 0.29) is 22.5 Å². The number of benzene rings is 2. The Balaban J connectivity index is 1.38. The molecule has 7 nitrogen and oxygen atoms in total. The lowest BCUT2D eigenvalue weighted by Gasteiger charge is -2.20. The van der Waals surface area contributed by atoms with Crippen molar-refractivity contribution in [1.82, 2.24) is 5.01 Å². The first-order valence-corrected chi connectivity index (χ1v) is 10.9. The third-order valence-electron chi connectivity index (χ3n) is 4.90. The molecule has 0 bridgehead atoms. The molecule has 34 heavy (non-hydrogen) atoms. The minimum Gasteiger partial charge on any atom is -0.490 e. The number of carbonyl (C=O) groups excluding carboxylic acids is 1. The largest absolute Gasteiger partial charge is 0.490 e. The molecule has 1 N–H and O–H groups in total. The maximum atomic E-state index is 12.9. The number of halogens is 3. The van der Waals surface area contributed by atoms with Gasteiger partial charge in [0.05, 0.1) is 5.57 Å². The molecule has 2 aliphatic heterocycles. The maximum absolute atomic E-state index is 12.9. The van der Waals surface area contributed by atoms with Crippen LogP contribution in [0.3, 0.4) is 0 Å². The number of amides is 1. The number of fused-ring (bicyclic) bond motifs is 1. The molecule has 11 heteroatoms. The summed E-state index contributed by atoms with van der Waals surface area (Å²) >= 11 is 0.214. The van der Waals surface area contributed by atoms with E-state index in [4.69, 9.17) is 14.9 Å². The van der Waals surface area contributed by atoms with Gasteiger partial charge in [0.25, 0.3) is 5.91 Å². The number of aryl methyl sites for hydroxylation is 2. The summed E-state index contributed by atoms with van der Waals surface area (Å²) in [6.45, 7) is 4.63. The van der Waals surface area contributed by atoms with E-state index in [0.717, 1.165) is 16.9 Å². The third-order valence-corrected chi connectivity index (χ3v) is 5.85. The minimum absolute atomic E-state index is 0.160. The van der Waals surface area contributed by atoms with Crippen LogP contribution in [0.25, 0.3) is 6.08 Å². The van der Waals surface area contributed by atoms with Gasteiger partial charge < -0.3 is 9.47 Å². The molecule has 176 valence electrons. The molecule has 0 unspecified atom stereocenters. The van der Waals surface area contributed by atoms with Crippen LogP contribution >= 0.6 is 11.8 Å². The second-order valence-electron chi connectivity index (χ2n) is 7.41. The van der Waals surface area contributed by atoms with Crippen LogP contribution in [0, 0.1) is 19.3 Å². The van der Waals surface area contributed by atoms with Gasteiger partial charge in [-0.15, -0.1) is 0 Å². The van der Waals surface area contributed by atoms with Gasteiger partial charge in [0, 0.05) is 0 Å². The standard InChI is InChI=1S/C23H19F3N4O3S/c1-13-4-3-5-14(2)18(13)33-11-10-32-16-8-6-15(7-9-16)12-17-19(27)30-22(28-20(17)31)34-21(29-30)23(24,25)26/h3-9,12,27H,10-11H2,1-2H3/b17-12+,27-19?. The fraction of sp³-hybridized carbons (Fsp3) is 0.217. The van der Waals surface area contributed by atoms with Gasteiger partial charge in [0.15, 0.2) is 5.84 Å². The molecular formula is C23H19F3N4O3S. The van der Waals surface area contributed by atoms with E-state index >= 15 is 0 Å². The number of para-hydroxylation sites is 1. The predicted molar refractivity (Wildman–Crippen MR) is 124 cm³/mol. The zero-order chi connectivity index (χ0) is 24.5. The smallest absolute Gasteiger partial charge is 0.441 e. The Morgan fingerprint density at radius 2 is 1.71 bits per heavy atom. The molecule has 2 aromatic carbocycles. The van der Waals surface area contributed by atoms with Gasteiger partial charge in [0.2, 0.25) is 10.2 Å². The number of alkyl halides is 3. The predicted octanol–water partition coefficient (Wildman–Crippen LogP) is 4.94. The van der Waals surface area contributed by atoms with Crippen molar-refractivity contribution in [3.8, 4) is 11.5 Å². The summed E-state index contributed by atoms with van der Waals surface area (Å²) in [5.74, 6) is 0.145. The summed E-state index contributed by atoms with van der Waals surface area (Å²) in [6.07, 6.45) is -3.30. The SMILES string of the molecule is Cc1cccc(C)c1OCCOc1ccc(/C=C2\C(=N)N3N=C(C(F)(F)F)SC3=NC2=O)cc1. The third kappa shape index (κ3) is 4.98. The van der Waals surface area contributed by atoms with Gasteiger partial charge in [-0.25, -0.2) is 0 Å². The van der Waals surface area contributed by atoms with Crippen LogP contribution in [0.5, 0.6) is 11.5 Å². The van der Waals surface area contributed by atoms with Gasteiger partial charge in [-0.05, 0) is 60.5 Å². The number of aliphatic imine (C=N–C) groups is 1. The summed E-state index contributed by atoms with van der Waals surface area (Å²) in [4.78, 5) is 16.0. The monoisotopic (exact) mass is 488 g/mol. The van der Waals surface area contributed by atoms with Gasteiger partial charge >= 0.3 is 6.18 Å². The average molecular weight is 488 g/mol. The van der Waals surface area contributed by atoms with Crippen molar-refractivity contribution >= 4 is 39.8 Å². The van der Waals surface area contributed by atoms with Crippen molar-refractivity contribution in [2.75, 3.05) is 13.2 Å². The number of nitrogens with one attached hydrogen (secondary N) is 1. The van der Waals surface area contributed by atoms with E-state index in [1.807, 2.05) is 32.0 Å². The van der Waals surface area contributed by atoms with Crippen molar-refractivity contribution in [3.63, 3.8) is 0 Å². The Bertz CT molecular complexity index is 1220. The lowest BCUT2D eigenvalue weighted by molar-refractivity contribution is -0.114. The molecule has 0 radical (unpaired) electrons. The second kappa shape index (κ2) is 9.34. The van der Waals surface area contributed by atoms with Crippen molar-refractivity contribution in [1.29, 1.82) is 5.41 Å². The van der Waals surface area contributed by atoms with Crippen LogP contribution in [-0.2, 0) is 4.79 Å². The highest BCUT2D eigenvalue weighted by Crippen LogP contribution is 2.35. The molecule has 0 saturated heterocycles. The summed E-state index contributed by atoms with van der Waals surface area (Å²) in [5.41, 5.74) is 2.49. The fourth-order valence-electron chi connectivity index (χ4n) is 3.26. The molecule has 0 fully saturated rings. The lowest BCUT2D eigenvalue weighted by atomic mass is 10.1. The van der Waals surface area contributed by atoms with E-state index in [9.17, 15) is 18.0 Å². The number of carbonyl (C=O) groups is 1. The summed E-state index contributed by atoms with van der Waals surface area (Å²) in [6, 6.07) is 12.6. The van der Waals surface area contributed by atoms with Crippen molar-refractivity contribution < 1.29 is 27.4 Å². The van der Waals surface area contributed by atoms with Crippen LogP contribution in [0.15, 0.2) is 58.1 Å². The number of nitrogens with zero attached hydrogens (tertiary/aromatic N) is 3. The molecule has 0 saturated carbocycles. The zero-order valence-electron chi connectivity index (χ0n) is 18.1. The molecule has 0 aromatic heterocycles. The first-order valence-electron chi connectivity index (χ1n) is 10.1. The van der Waals surface area contributed by atoms with Gasteiger partial charge in [-0.2, -0.15) is 28.3 Å². The Labute approximate surface area is 197 Å². The molecule has 0 aliphatic carbocycles. The number of rotatable bonds is 6. The van der Waals surface area contributed by atoms with E-state index in [1.54, 1.807) is 24.3 Å². The number of hydrazone groups is 1. The molecule has 0 spiro atoms. The highest BCUT2D eigenvalue weighted by atomic mass is 32.2. The van der Waals surface area contributed by atoms with Crippen LogP contribution in [0.1, 0.15) is 16.7 Å². The van der Waals surface area contributed by atoms with E-state index in [0.29, 0.717) is 29.5 Å². The Morgan fingerprint density at radius 3 is 2.35 bits per heavy atom. The molecule has 2 heterocycles. The van der Waals surface area contributed by atoms with Crippen LogP contribution in [0.2, 0.25) is 0 Å². The summed E-state index contributed by atoms with van der Waals surface area (Å²) in [7, 11) is 0. The summed E-state index contributed by atoms with van der Waals surface area (Å²) < 4.78 is 50.2. The van der Waals surface area contributed by atoms with Crippen molar-refractivity contribution in [3.05, 3.63) is 64.7 Å². The van der Waals surface area contributed by atoms with Gasteiger partial charge in [0.1, 0.15) is 24.7 Å². The highest BCUT2D eigenvalue weighted by Gasteiger charge is 2.46. The Kier molecular flexibility index (Phi) is 6.47. The molecule has 0 atom stereocenters. The minimum atomic E-state index is -4.68. The average Bonchev–Trinajstić information content (AvgIpc) is 3.21. The maximum Gasteiger partial charge on any atom is 0.441 e.